The van der Waals surface area contributed by atoms with Gasteiger partial charge in [0.15, 0.2) is 0 Å². The van der Waals surface area contributed by atoms with Gasteiger partial charge in [0.05, 0.1) is 4.92 Å². The average molecular weight is 288 g/mol. The van der Waals surface area contributed by atoms with Gasteiger partial charge < -0.3 is 0 Å². The van der Waals surface area contributed by atoms with Crippen molar-refractivity contribution in [2.24, 2.45) is 0 Å². The molecule has 88 valence electrons. The van der Waals surface area contributed by atoms with E-state index >= 15 is 0 Å². The summed E-state index contributed by atoms with van der Waals surface area (Å²) in [6.45, 7) is 1.23. The molecule has 0 heterocycles. The van der Waals surface area contributed by atoms with E-state index in [4.69, 9.17) is 22.3 Å². The summed E-state index contributed by atoms with van der Waals surface area (Å²) in [5.74, 6) is -1.22. The highest BCUT2D eigenvalue weighted by Crippen LogP contribution is 2.37. The van der Waals surface area contributed by atoms with E-state index in [0.29, 0.717) is 6.07 Å². The van der Waals surface area contributed by atoms with Crippen molar-refractivity contribution in [2.75, 3.05) is 0 Å². The first-order valence-corrected chi connectivity index (χ1v) is 6.42. The minimum absolute atomic E-state index is 0.0865. The molecule has 1 rings (SSSR count). The fourth-order valence-corrected chi connectivity index (χ4v) is 2.94. The van der Waals surface area contributed by atoms with Crippen LogP contribution in [0.4, 0.5) is 10.1 Å². The van der Waals surface area contributed by atoms with E-state index in [9.17, 15) is 22.9 Å². The summed E-state index contributed by atoms with van der Waals surface area (Å²) in [6, 6.07) is 0.694. The molecular weight excluding hydrogens is 284 g/mol. The van der Waals surface area contributed by atoms with Gasteiger partial charge in [-0.05, 0) is 13.0 Å². The Morgan fingerprint density at radius 1 is 1.50 bits per heavy atom. The third-order valence-corrected chi connectivity index (χ3v) is 3.60. The molecular formula is C7H4Cl2FNO4S. The van der Waals surface area contributed by atoms with E-state index < -0.39 is 35.4 Å². The molecule has 0 saturated carbocycles. The maximum absolute atomic E-state index is 13.3. The number of aryl methyl sites for hydroxylation is 1. The first kappa shape index (κ1) is 13.1. The van der Waals surface area contributed by atoms with Crippen molar-refractivity contribution in [3.63, 3.8) is 0 Å². The molecule has 0 bridgehead atoms. The zero-order chi connectivity index (χ0) is 12.7. The molecule has 0 aliphatic heterocycles. The Bertz CT molecular complexity index is 572. The van der Waals surface area contributed by atoms with Crippen molar-refractivity contribution in [2.45, 2.75) is 11.8 Å². The molecule has 0 atom stereocenters. The molecule has 1 aromatic carbocycles. The average Bonchev–Trinajstić information content (AvgIpc) is 1.97. The number of benzene rings is 1. The van der Waals surface area contributed by atoms with Crippen molar-refractivity contribution in [3.8, 4) is 0 Å². The lowest BCUT2D eigenvalue weighted by molar-refractivity contribution is -0.385. The van der Waals surface area contributed by atoms with Crippen LogP contribution in [0.15, 0.2) is 11.0 Å². The van der Waals surface area contributed by atoms with Crippen LogP contribution in [-0.2, 0) is 9.05 Å². The van der Waals surface area contributed by atoms with Gasteiger partial charge in [-0.25, -0.2) is 12.8 Å². The van der Waals surface area contributed by atoms with Gasteiger partial charge in [-0.2, -0.15) is 0 Å². The van der Waals surface area contributed by atoms with Crippen LogP contribution in [0.3, 0.4) is 0 Å². The zero-order valence-electron chi connectivity index (χ0n) is 7.70. The van der Waals surface area contributed by atoms with Crippen molar-refractivity contribution >= 4 is 37.0 Å². The normalized spacial score (nSPS) is 11.5. The van der Waals surface area contributed by atoms with Gasteiger partial charge in [-0.15, -0.1) is 0 Å². The summed E-state index contributed by atoms with van der Waals surface area (Å²) in [5.41, 5.74) is -0.765. The van der Waals surface area contributed by atoms with Crippen molar-refractivity contribution < 1.29 is 17.7 Å². The van der Waals surface area contributed by atoms with Crippen molar-refractivity contribution in [3.05, 3.63) is 32.6 Å². The van der Waals surface area contributed by atoms with Crippen molar-refractivity contribution in [1.82, 2.24) is 0 Å². The zero-order valence-corrected chi connectivity index (χ0v) is 10.0. The molecule has 0 aliphatic carbocycles. The second-order valence-corrected chi connectivity index (χ2v) is 5.74. The fraction of sp³-hybridized carbons (Fsp3) is 0.143. The molecule has 1 aromatic rings. The first-order valence-electron chi connectivity index (χ1n) is 3.74. The van der Waals surface area contributed by atoms with Crippen LogP contribution in [0.2, 0.25) is 5.02 Å². The summed E-state index contributed by atoms with van der Waals surface area (Å²) in [5, 5.41) is 9.77. The Morgan fingerprint density at radius 3 is 2.38 bits per heavy atom. The van der Waals surface area contributed by atoms with E-state index in [-0.39, 0.29) is 5.56 Å². The highest BCUT2D eigenvalue weighted by atomic mass is 35.7. The van der Waals surface area contributed by atoms with Crippen LogP contribution < -0.4 is 0 Å². The molecule has 0 spiro atoms. The number of nitro groups is 1. The Balaban J connectivity index is 3.79. The highest BCUT2D eigenvalue weighted by Gasteiger charge is 2.29. The molecule has 0 fully saturated rings. The maximum Gasteiger partial charge on any atom is 0.292 e. The number of halogens is 3. The molecule has 0 aliphatic rings. The van der Waals surface area contributed by atoms with Gasteiger partial charge in [-0.1, -0.05) is 11.6 Å². The minimum atomic E-state index is -4.48. The van der Waals surface area contributed by atoms with Gasteiger partial charge in [0.1, 0.15) is 15.7 Å². The summed E-state index contributed by atoms with van der Waals surface area (Å²) in [4.78, 5) is 8.62. The van der Waals surface area contributed by atoms with E-state index in [1.165, 1.54) is 6.92 Å². The highest BCUT2D eigenvalue weighted by molar-refractivity contribution is 8.13. The van der Waals surface area contributed by atoms with Gasteiger partial charge in [0.25, 0.3) is 14.7 Å². The second kappa shape index (κ2) is 4.15. The first-order chi connectivity index (χ1) is 7.16. The number of nitro benzene ring substituents is 1. The Kier molecular flexibility index (Phi) is 3.41. The second-order valence-electron chi connectivity index (χ2n) is 2.86. The molecule has 0 saturated heterocycles. The predicted molar refractivity (Wildman–Crippen MR) is 55.8 cm³/mol. The topological polar surface area (TPSA) is 77.3 Å². The summed E-state index contributed by atoms with van der Waals surface area (Å²) < 4.78 is 35.2. The molecule has 5 nitrogen and oxygen atoms in total. The fourth-order valence-electron chi connectivity index (χ4n) is 1.16. The Hall–Kier alpha value is -0.920. The quantitative estimate of drug-likeness (QED) is 0.476. The maximum atomic E-state index is 13.3. The van der Waals surface area contributed by atoms with Crippen LogP contribution in [0, 0.1) is 22.9 Å². The number of hydrogen-bond donors (Lipinski definition) is 0. The van der Waals surface area contributed by atoms with Gasteiger partial charge in [0, 0.05) is 16.2 Å². The van der Waals surface area contributed by atoms with E-state index in [2.05, 4.69) is 0 Å². The van der Waals surface area contributed by atoms with Crippen LogP contribution in [-0.4, -0.2) is 13.3 Å². The van der Waals surface area contributed by atoms with E-state index in [0.717, 1.165) is 0 Å². The van der Waals surface area contributed by atoms with Crippen LogP contribution in [0.5, 0.6) is 0 Å². The van der Waals surface area contributed by atoms with Gasteiger partial charge in [-0.3, -0.25) is 10.1 Å². The van der Waals surface area contributed by atoms with Crippen LogP contribution in [0.25, 0.3) is 0 Å². The lowest BCUT2D eigenvalue weighted by atomic mass is 10.2. The molecule has 0 aromatic heterocycles. The monoisotopic (exact) mass is 287 g/mol. The molecule has 0 amide bonds. The standard InChI is InChI=1S/C7H4Cl2FNO4S/c1-3-2-4(10)7(16(9,14)15)5(8)6(3)11(12)13/h2H,1H3. The number of hydrogen-bond acceptors (Lipinski definition) is 4. The van der Waals surface area contributed by atoms with Crippen molar-refractivity contribution in [1.29, 1.82) is 0 Å². The van der Waals surface area contributed by atoms with E-state index in [1.54, 1.807) is 0 Å². The lowest BCUT2D eigenvalue weighted by Crippen LogP contribution is -2.02. The Morgan fingerprint density at radius 2 is 2.00 bits per heavy atom. The third kappa shape index (κ3) is 2.26. The minimum Gasteiger partial charge on any atom is -0.258 e. The summed E-state index contributed by atoms with van der Waals surface area (Å²) >= 11 is 5.45. The third-order valence-electron chi connectivity index (χ3n) is 1.77. The van der Waals surface area contributed by atoms with Gasteiger partial charge in [0.2, 0.25) is 0 Å². The van der Waals surface area contributed by atoms with Crippen LogP contribution in [0.1, 0.15) is 5.56 Å². The molecule has 0 unspecified atom stereocenters. The smallest absolute Gasteiger partial charge is 0.258 e. The lowest BCUT2D eigenvalue weighted by Gasteiger charge is -2.05. The molecule has 0 radical (unpaired) electrons. The Labute approximate surface area is 99.4 Å². The molecule has 16 heavy (non-hydrogen) atoms. The van der Waals surface area contributed by atoms with Crippen LogP contribution >= 0.6 is 22.3 Å². The largest absolute Gasteiger partial charge is 0.292 e. The summed E-state index contributed by atoms with van der Waals surface area (Å²) in [6.07, 6.45) is 0. The molecule has 0 N–H and O–H groups in total. The van der Waals surface area contributed by atoms with Gasteiger partial charge >= 0.3 is 0 Å². The molecule has 9 heteroatoms. The van der Waals surface area contributed by atoms with E-state index in [1.807, 2.05) is 0 Å². The predicted octanol–water partition coefficient (Wildman–Crippen LogP) is 2.62. The number of rotatable bonds is 2. The summed E-state index contributed by atoms with van der Waals surface area (Å²) in [7, 11) is 0.447. The number of nitrogens with zero attached hydrogens (tertiary/aromatic N) is 1. The SMILES string of the molecule is Cc1cc(F)c(S(=O)(=O)Cl)c(Cl)c1[N+](=O)[O-].